The highest BCUT2D eigenvalue weighted by atomic mass is 16.5. The van der Waals surface area contributed by atoms with Crippen LogP contribution in [-0.2, 0) is 4.74 Å². The molecule has 0 radical (unpaired) electrons. The molecule has 1 rings (SSSR count). The normalized spacial score (nSPS) is 10.7. The van der Waals surface area contributed by atoms with Gasteiger partial charge >= 0.3 is 0 Å². The van der Waals surface area contributed by atoms with Crippen molar-refractivity contribution < 1.29 is 9.53 Å². The second-order valence-corrected chi connectivity index (χ2v) is 4.78. The highest BCUT2D eigenvalue weighted by Crippen LogP contribution is 2.12. The molecule has 4 nitrogen and oxygen atoms in total. The minimum absolute atomic E-state index is 0.0299. The summed E-state index contributed by atoms with van der Waals surface area (Å²) in [6, 6.07) is 5.40. The van der Waals surface area contributed by atoms with Crippen molar-refractivity contribution in [3.8, 4) is 0 Å². The lowest BCUT2D eigenvalue weighted by Crippen LogP contribution is -2.30. The number of hydrogen-bond donors (Lipinski definition) is 1. The lowest BCUT2D eigenvalue weighted by Gasteiger charge is -2.18. The van der Waals surface area contributed by atoms with E-state index in [2.05, 4.69) is 0 Å². The fourth-order valence-corrected chi connectivity index (χ4v) is 1.68. The molecule has 0 heterocycles. The molecule has 0 aliphatic carbocycles. The highest BCUT2D eigenvalue weighted by molar-refractivity contribution is 5.95. The third kappa shape index (κ3) is 4.37. The first kappa shape index (κ1) is 14.5. The van der Waals surface area contributed by atoms with Crippen molar-refractivity contribution in [2.24, 2.45) is 0 Å². The number of ether oxygens (including phenoxy) is 1. The fraction of sp³-hybridized carbons (Fsp3) is 0.500. The van der Waals surface area contributed by atoms with Crippen molar-refractivity contribution in [2.45, 2.75) is 26.9 Å². The van der Waals surface area contributed by atoms with E-state index in [9.17, 15) is 4.79 Å². The lowest BCUT2D eigenvalue weighted by molar-refractivity contribution is 0.0532. The van der Waals surface area contributed by atoms with Crippen LogP contribution in [0.3, 0.4) is 0 Å². The number of hydrogen-bond acceptors (Lipinski definition) is 3. The smallest absolute Gasteiger partial charge is 0.253 e. The first-order chi connectivity index (χ1) is 8.40. The van der Waals surface area contributed by atoms with E-state index in [-0.39, 0.29) is 12.0 Å². The number of amides is 1. The second kappa shape index (κ2) is 6.40. The Labute approximate surface area is 109 Å². The van der Waals surface area contributed by atoms with Crippen LogP contribution in [0.4, 0.5) is 5.69 Å². The maximum absolute atomic E-state index is 12.1. The van der Waals surface area contributed by atoms with Gasteiger partial charge in [0.1, 0.15) is 0 Å². The molecule has 0 unspecified atom stereocenters. The topological polar surface area (TPSA) is 55.6 Å². The van der Waals surface area contributed by atoms with E-state index in [0.717, 1.165) is 5.56 Å². The van der Waals surface area contributed by atoms with Crippen LogP contribution in [0.15, 0.2) is 18.2 Å². The standard InChI is InChI=1S/C14H22N2O2/c1-10(2)18-6-5-16(4)14(17)12-7-11(3)8-13(15)9-12/h7-10H,5-6,15H2,1-4H3. The molecule has 0 bridgehead atoms. The predicted molar refractivity (Wildman–Crippen MR) is 73.6 cm³/mol. The highest BCUT2D eigenvalue weighted by Gasteiger charge is 2.12. The molecule has 18 heavy (non-hydrogen) atoms. The maximum atomic E-state index is 12.1. The Bertz CT molecular complexity index is 396. The third-order valence-corrected chi connectivity index (χ3v) is 2.57. The maximum Gasteiger partial charge on any atom is 0.253 e. The molecule has 100 valence electrons. The number of carbonyl (C=O) groups excluding carboxylic acids is 1. The Kier molecular flexibility index (Phi) is 5.16. The van der Waals surface area contributed by atoms with E-state index in [0.29, 0.717) is 24.4 Å². The summed E-state index contributed by atoms with van der Waals surface area (Å²) in [6.45, 7) is 6.99. The van der Waals surface area contributed by atoms with Crippen molar-refractivity contribution in [2.75, 3.05) is 25.9 Å². The molecule has 1 aromatic carbocycles. The summed E-state index contributed by atoms with van der Waals surface area (Å²) in [7, 11) is 1.77. The average molecular weight is 250 g/mol. The molecule has 0 spiro atoms. The molecule has 0 atom stereocenters. The summed E-state index contributed by atoms with van der Waals surface area (Å²) in [6.07, 6.45) is 0.183. The Morgan fingerprint density at radius 3 is 2.61 bits per heavy atom. The van der Waals surface area contributed by atoms with Crippen LogP contribution in [-0.4, -0.2) is 37.1 Å². The van der Waals surface area contributed by atoms with Crippen molar-refractivity contribution in [1.29, 1.82) is 0 Å². The van der Waals surface area contributed by atoms with Gasteiger partial charge in [0.2, 0.25) is 0 Å². The van der Waals surface area contributed by atoms with E-state index in [1.165, 1.54) is 0 Å². The predicted octanol–water partition coefficient (Wildman–Crippen LogP) is 2.07. The Balaban J connectivity index is 2.62. The molecule has 1 aromatic rings. The number of benzene rings is 1. The SMILES string of the molecule is Cc1cc(N)cc(C(=O)N(C)CCOC(C)C)c1. The van der Waals surface area contributed by atoms with E-state index >= 15 is 0 Å². The van der Waals surface area contributed by atoms with Gasteiger partial charge in [-0.15, -0.1) is 0 Å². The van der Waals surface area contributed by atoms with Crippen molar-refractivity contribution >= 4 is 11.6 Å². The van der Waals surface area contributed by atoms with Gasteiger partial charge in [0.15, 0.2) is 0 Å². The van der Waals surface area contributed by atoms with Gasteiger partial charge in [0.05, 0.1) is 12.7 Å². The summed E-state index contributed by atoms with van der Waals surface area (Å²) in [5.74, 6) is -0.0299. The minimum Gasteiger partial charge on any atom is -0.399 e. The minimum atomic E-state index is -0.0299. The van der Waals surface area contributed by atoms with Gasteiger partial charge in [0.25, 0.3) is 5.91 Å². The van der Waals surface area contributed by atoms with Crippen LogP contribution in [0.5, 0.6) is 0 Å². The van der Waals surface area contributed by atoms with Crippen LogP contribution >= 0.6 is 0 Å². The van der Waals surface area contributed by atoms with E-state index in [1.54, 1.807) is 18.0 Å². The Hall–Kier alpha value is -1.55. The van der Waals surface area contributed by atoms with Gasteiger partial charge in [-0.1, -0.05) is 0 Å². The Morgan fingerprint density at radius 1 is 1.39 bits per heavy atom. The molecular weight excluding hydrogens is 228 g/mol. The van der Waals surface area contributed by atoms with Gasteiger partial charge < -0.3 is 15.4 Å². The summed E-state index contributed by atoms with van der Waals surface area (Å²) in [5.41, 5.74) is 7.97. The van der Waals surface area contributed by atoms with E-state index < -0.39 is 0 Å². The Morgan fingerprint density at radius 2 is 2.06 bits per heavy atom. The summed E-state index contributed by atoms with van der Waals surface area (Å²) < 4.78 is 5.43. The zero-order valence-corrected chi connectivity index (χ0v) is 11.6. The van der Waals surface area contributed by atoms with E-state index in [4.69, 9.17) is 10.5 Å². The molecule has 0 saturated heterocycles. The number of likely N-dealkylation sites (N-methyl/N-ethyl adjacent to an activating group) is 1. The molecule has 2 N–H and O–H groups in total. The molecule has 0 aliphatic heterocycles. The monoisotopic (exact) mass is 250 g/mol. The quantitative estimate of drug-likeness (QED) is 0.814. The van der Waals surface area contributed by atoms with Gasteiger partial charge in [0, 0.05) is 24.8 Å². The van der Waals surface area contributed by atoms with Gasteiger partial charge in [-0.05, 0) is 44.5 Å². The zero-order valence-electron chi connectivity index (χ0n) is 11.6. The van der Waals surface area contributed by atoms with E-state index in [1.807, 2.05) is 32.9 Å². The van der Waals surface area contributed by atoms with Crippen molar-refractivity contribution in [3.05, 3.63) is 29.3 Å². The molecule has 0 aromatic heterocycles. The second-order valence-electron chi connectivity index (χ2n) is 4.78. The number of aryl methyl sites for hydroxylation is 1. The van der Waals surface area contributed by atoms with Crippen molar-refractivity contribution in [3.63, 3.8) is 0 Å². The number of nitrogen functional groups attached to an aromatic ring is 1. The number of rotatable bonds is 5. The largest absolute Gasteiger partial charge is 0.399 e. The fourth-order valence-electron chi connectivity index (χ4n) is 1.68. The average Bonchev–Trinajstić information content (AvgIpc) is 2.26. The first-order valence-corrected chi connectivity index (χ1v) is 6.14. The van der Waals surface area contributed by atoms with Crippen LogP contribution in [0, 0.1) is 6.92 Å². The molecule has 4 heteroatoms. The van der Waals surface area contributed by atoms with Gasteiger partial charge in [-0.25, -0.2) is 0 Å². The summed E-state index contributed by atoms with van der Waals surface area (Å²) in [4.78, 5) is 13.8. The molecule has 0 aliphatic rings. The van der Waals surface area contributed by atoms with Gasteiger partial charge in [-0.3, -0.25) is 4.79 Å². The number of nitrogens with two attached hydrogens (primary N) is 1. The zero-order chi connectivity index (χ0) is 13.7. The number of carbonyl (C=O) groups is 1. The van der Waals surface area contributed by atoms with Crippen LogP contribution in [0.25, 0.3) is 0 Å². The molecule has 0 fully saturated rings. The summed E-state index contributed by atoms with van der Waals surface area (Å²) >= 11 is 0. The van der Waals surface area contributed by atoms with Gasteiger partial charge in [-0.2, -0.15) is 0 Å². The molecular formula is C14H22N2O2. The lowest BCUT2D eigenvalue weighted by atomic mass is 10.1. The van der Waals surface area contributed by atoms with Crippen LogP contribution < -0.4 is 5.73 Å². The first-order valence-electron chi connectivity index (χ1n) is 6.14. The number of anilines is 1. The third-order valence-electron chi connectivity index (χ3n) is 2.57. The van der Waals surface area contributed by atoms with Crippen LogP contribution in [0.2, 0.25) is 0 Å². The molecule has 1 amide bonds. The number of nitrogens with zero attached hydrogens (tertiary/aromatic N) is 1. The molecule has 0 saturated carbocycles. The van der Waals surface area contributed by atoms with Crippen molar-refractivity contribution in [1.82, 2.24) is 4.90 Å². The van der Waals surface area contributed by atoms with Crippen LogP contribution in [0.1, 0.15) is 29.8 Å². The summed E-state index contributed by atoms with van der Waals surface area (Å²) in [5, 5.41) is 0.